The van der Waals surface area contributed by atoms with Gasteiger partial charge in [0, 0.05) is 12.5 Å². The highest BCUT2D eigenvalue weighted by molar-refractivity contribution is 6.00. The van der Waals surface area contributed by atoms with Crippen LogP contribution in [0.5, 0.6) is 5.75 Å². The third kappa shape index (κ3) is 4.62. The zero-order valence-corrected chi connectivity index (χ0v) is 12.5. The van der Waals surface area contributed by atoms with Gasteiger partial charge in [0.1, 0.15) is 5.75 Å². The van der Waals surface area contributed by atoms with Crippen molar-refractivity contribution in [3.05, 3.63) is 29.8 Å². The molecule has 0 amide bonds. The predicted molar refractivity (Wildman–Crippen MR) is 82.0 cm³/mol. The molecule has 20 heavy (non-hydrogen) atoms. The molecule has 3 N–H and O–H groups in total. The molecule has 0 saturated carbocycles. The minimum absolute atomic E-state index is 0.0414. The molecule has 0 heterocycles. The van der Waals surface area contributed by atoms with Crippen LogP contribution in [0.3, 0.4) is 0 Å². The third-order valence-electron chi connectivity index (χ3n) is 3.75. The maximum absolute atomic E-state index is 12.4. The molecule has 1 atom stereocenters. The van der Waals surface area contributed by atoms with Gasteiger partial charge in [-0.15, -0.1) is 0 Å². The zero-order valence-electron chi connectivity index (χ0n) is 12.5. The second-order valence-electron chi connectivity index (χ2n) is 4.98. The molecule has 0 fully saturated rings. The van der Waals surface area contributed by atoms with Gasteiger partial charge in [-0.05, 0) is 44.6 Å². The van der Waals surface area contributed by atoms with Crippen molar-refractivity contribution in [2.45, 2.75) is 26.7 Å². The van der Waals surface area contributed by atoms with Crippen LogP contribution in [0, 0.1) is 5.92 Å². The molecular weight excluding hydrogens is 252 g/mol. The highest BCUT2D eigenvalue weighted by Crippen LogP contribution is 2.21. The second-order valence-corrected chi connectivity index (χ2v) is 4.98. The molecule has 1 aromatic rings. The third-order valence-corrected chi connectivity index (χ3v) is 3.75. The van der Waals surface area contributed by atoms with E-state index >= 15 is 0 Å². The molecule has 0 aliphatic heterocycles. The van der Waals surface area contributed by atoms with E-state index in [1.807, 2.05) is 0 Å². The summed E-state index contributed by atoms with van der Waals surface area (Å²) >= 11 is 0. The fourth-order valence-corrected chi connectivity index (χ4v) is 2.36. The standard InChI is InChI=1S/C16H26N2O2/c1-3-18(4-2)11-7-8-13(12-17)16(20)14-9-5-6-10-15(14)19/h5-6,9-10,13,19H,3-4,7-8,11-12,17H2,1-2H3. The molecule has 0 aromatic heterocycles. The van der Waals surface area contributed by atoms with E-state index in [4.69, 9.17) is 5.73 Å². The van der Waals surface area contributed by atoms with Crippen molar-refractivity contribution in [2.75, 3.05) is 26.2 Å². The first-order chi connectivity index (χ1) is 9.63. The van der Waals surface area contributed by atoms with E-state index in [1.165, 1.54) is 6.07 Å². The Hall–Kier alpha value is -1.39. The Kier molecular flexibility index (Phi) is 7.26. The number of carbonyl (C=O) groups is 1. The maximum atomic E-state index is 12.4. The predicted octanol–water partition coefficient (Wildman–Crippen LogP) is 2.27. The van der Waals surface area contributed by atoms with E-state index < -0.39 is 0 Å². The first kappa shape index (κ1) is 16.7. The van der Waals surface area contributed by atoms with E-state index in [-0.39, 0.29) is 17.5 Å². The molecule has 4 nitrogen and oxygen atoms in total. The first-order valence-corrected chi connectivity index (χ1v) is 7.38. The number of hydrogen-bond acceptors (Lipinski definition) is 4. The van der Waals surface area contributed by atoms with E-state index in [1.54, 1.807) is 18.2 Å². The fourth-order valence-electron chi connectivity index (χ4n) is 2.36. The summed E-state index contributed by atoms with van der Waals surface area (Å²) in [5, 5.41) is 9.75. The summed E-state index contributed by atoms with van der Waals surface area (Å²) in [4.78, 5) is 14.7. The van der Waals surface area contributed by atoms with Crippen LogP contribution >= 0.6 is 0 Å². The Morgan fingerprint density at radius 1 is 1.30 bits per heavy atom. The maximum Gasteiger partial charge on any atom is 0.170 e. The summed E-state index contributed by atoms with van der Waals surface area (Å²) in [6.45, 7) is 7.63. The lowest BCUT2D eigenvalue weighted by Crippen LogP contribution is -2.27. The lowest BCUT2D eigenvalue weighted by molar-refractivity contribution is 0.0911. The van der Waals surface area contributed by atoms with Gasteiger partial charge in [-0.1, -0.05) is 26.0 Å². The summed E-state index contributed by atoms with van der Waals surface area (Å²) in [6, 6.07) is 6.67. The van der Waals surface area contributed by atoms with E-state index in [0.29, 0.717) is 12.1 Å². The molecule has 1 aromatic carbocycles. The van der Waals surface area contributed by atoms with Gasteiger partial charge in [-0.2, -0.15) is 0 Å². The van der Waals surface area contributed by atoms with Gasteiger partial charge >= 0.3 is 0 Å². The molecule has 4 heteroatoms. The van der Waals surface area contributed by atoms with Gasteiger partial charge in [0.2, 0.25) is 0 Å². The van der Waals surface area contributed by atoms with Crippen molar-refractivity contribution >= 4 is 5.78 Å². The quantitative estimate of drug-likeness (QED) is 0.680. The van der Waals surface area contributed by atoms with Crippen LogP contribution in [0.15, 0.2) is 24.3 Å². The summed E-state index contributed by atoms with van der Waals surface area (Å²) < 4.78 is 0. The number of phenols is 1. The fraction of sp³-hybridized carbons (Fsp3) is 0.562. The number of ketones is 1. The number of phenolic OH excluding ortho intramolecular Hbond substituents is 1. The van der Waals surface area contributed by atoms with E-state index in [2.05, 4.69) is 18.7 Å². The number of hydrogen-bond donors (Lipinski definition) is 2. The normalized spacial score (nSPS) is 12.6. The molecule has 0 aliphatic rings. The molecular formula is C16H26N2O2. The second kappa shape index (κ2) is 8.72. The lowest BCUT2D eigenvalue weighted by atomic mass is 9.93. The minimum atomic E-state index is -0.209. The number of Topliss-reactive ketones (excluding diaryl/α,β-unsaturated/α-hetero) is 1. The molecule has 0 saturated heterocycles. The lowest BCUT2D eigenvalue weighted by Gasteiger charge is -2.20. The van der Waals surface area contributed by atoms with E-state index in [0.717, 1.165) is 32.5 Å². The Morgan fingerprint density at radius 3 is 2.50 bits per heavy atom. The van der Waals surface area contributed by atoms with E-state index in [9.17, 15) is 9.90 Å². The summed E-state index contributed by atoms with van der Waals surface area (Å²) in [6.07, 6.45) is 1.71. The first-order valence-electron chi connectivity index (χ1n) is 7.38. The zero-order chi connectivity index (χ0) is 15.0. The highest BCUT2D eigenvalue weighted by atomic mass is 16.3. The van der Waals surface area contributed by atoms with Gasteiger partial charge in [-0.25, -0.2) is 0 Å². The van der Waals surface area contributed by atoms with Crippen molar-refractivity contribution in [1.82, 2.24) is 4.90 Å². The number of aromatic hydroxyl groups is 1. The van der Waals surface area contributed by atoms with Crippen molar-refractivity contribution < 1.29 is 9.90 Å². The molecule has 1 unspecified atom stereocenters. The topological polar surface area (TPSA) is 66.6 Å². The van der Waals surface area contributed by atoms with Crippen LogP contribution in [0.25, 0.3) is 0 Å². The van der Waals surface area contributed by atoms with Crippen LogP contribution in [0.1, 0.15) is 37.0 Å². The van der Waals surface area contributed by atoms with Gasteiger partial charge in [-0.3, -0.25) is 4.79 Å². The summed E-state index contributed by atoms with van der Waals surface area (Å²) in [5.41, 5.74) is 6.11. The Labute approximate surface area is 121 Å². The largest absolute Gasteiger partial charge is 0.507 e. The average Bonchev–Trinajstić information content (AvgIpc) is 2.47. The number of para-hydroxylation sites is 1. The summed E-state index contributed by atoms with van der Waals surface area (Å²) in [5.74, 6) is -0.219. The van der Waals surface area contributed by atoms with Crippen LogP contribution in [-0.4, -0.2) is 42.0 Å². The number of rotatable bonds is 9. The monoisotopic (exact) mass is 278 g/mol. The van der Waals surface area contributed by atoms with Crippen molar-refractivity contribution in [2.24, 2.45) is 11.7 Å². The van der Waals surface area contributed by atoms with Crippen LogP contribution in [-0.2, 0) is 0 Å². The number of nitrogens with two attached hydrogens (primary N) is 1. The molecule has 0 radical (unpaired) electrons. The smallest absolute Gasteiger partial charge is 0.170 e. The number of carbonyl (C=O) groups excluding carboxylic acids is 1. The van der Waals surface area contributed by atoms with Gasteiger partial charge in [0.15, 0.2) is 5.78 Å². The molecule has 112 valence electrons. The number of nitrogens with zero attached hydrogens (tertiary/aromatic N) is 1. The van der Waals surface area contributed by atoms with Crippen LogP contribution < -0.4 is 5.73 Å². The number of benzene rings is 1. The highest BCUT2D eigenvalue weighted by Gasteiger charge is 2.20. The average molecular weight is 278 g/mol. The van der Waals surface area contributed by atoms with Crippen molar-refractivity contribution in [1.29, 1.82) is 0 Å². The SMILES string of the molecule is CCN(CC)CCCC(CN)C(=O)c1ccccc1O. The Morgan fingerprint density at radius 2 is 1.95 bits per heavy atom. The molecule has 0 aliphatic carbocycles. The summed E-state index contributed by atoms with van der Waals surface area (Å²) in [7, 11) is 0. The molecule has 0 spiro atoms. The molecule has 0 bridgehead atoms. The van der Waals surface area contributed by atoms with Gasteiger partial charge < -0.3 is 15.7 Å². The van der Waals surface area contributed by atoms with Crippen molar-refractivity contribution in [3.63, 3.8) is 0 Å². The van der Waals surface area contributed by atoms with Crippen molar-refractivity contribution in [3.8, 4) is 5.75 Å². The Balaban J connectivity index is 2.58. The van der Waals surface area contributed by atoms with Crippen LogP contribution in [0.4, 0.5) is 0 Å². The van der Waals surface area contributed by atoms with Gasteiger partial charge in [0.25, 0.3) is 0 Å². The van der Waals surface area contributed by atoms with Crippen LogP contribution in [0.2, 0.25) is 0 Å². The van der Waals surface area contributed by atoms with Gasteiger partial charge in [0.05, 0.1) is 5.56 Å². The minimum Gasteiger partial charge on any atom is -0.507 e. The molecule has 1 rings (SSSR count). The Bertz CT molecular complexity index is 417.